The Labute approximate surface area is 137 Å². The van der Waals surface area contributed by atoms with Gasteiger partial charge in [0.2, 0.25) is 12.7 Å². The van der Waals surface area contributed by atoms with Crippen LogP contribution in [0.1, 0.15) is 24.1 Å². The summed E-state index contributed by atoms with van der Waals surface area (Å²) in [4.78, 5) is 12.0. The highest BCUT2D eigenvalue weighted by Crippen LogP contribution is 2.34. The van der Waals surface area contributed by atoms with Crippen molar-refractivity contribution in [3.05, 3.63) is 65.2 Å². The molecule has 0 fully saturated rings. The highest BCUT2D eigenvalue weighted by molar-refractivity contribution is 5.92. The van der Waals surface area contributed by atoms with Gasteiger partial charge in [0.25, 0.3) is 0 Å². The zero-order valence-corrected chi connectivity index (χ0v) is 12.9. The van der Waals surface area contributed by atoms with E-state index in [1.165, 1.54) is 18.2 Å². The Kier molecular flexibility index (Phi) is 4.46. The number of carbonyl (C=O) groups is 1. The van der Waals surface area contributed by atoms with Crippen LogP contribution in [0.3, 0.4) is 0 Å². The molecule has 1 N–H and O–H groups in total. The third-order valence-corrected chi connectivity index (χ3v) is 3.63. The van der Waals surface area contributed by atoms with Crippen LogP contribution in [0.2, 0.25) is 0 Å². The number of ether oxygens (including phenoxy) is 2. The topological polar surface area (TPSA) is 47.6 Å². The van der Waals surface area contributed by atoms with Crippen LogP contribution in [-0.2, 0) is 4.79 Å². The molecule has 2 aromatic carbocycles. The van der Waals surface area contributed by atoms with Gasteiger partial charge in [0.1, 0.15) is 11.6 Å². The number of carbonyl (C=O) groups excluding carboxylic acids is 1. The predicted molar refractivity (Wildman–Crippen MR) is 84.5 cm³/mol. The Hall–Kier alpha value is -2.89. The average molecular weight is 331 g/mol. The van der Waals surface area contributed by atoms with Gasteiger partial charge in [-0.1, -0.05) is 6.07 Å². The van der Waals surface area contributed by atoms with E-state index in [4.69, 9.17) is 9.47 Å². The van der Waals surface area contributed by atoms with Crippen molar-refractivity contribution in [2.45, 2.75) is 13.0 Å². The van der Waals surface area contributed by atoms with Gasteiger partial charge in [0.15, 0.2) is 11.5 Å². The van der Waals surface area contributed by atoms with Gasteiger partial charge < -0.3 is 14.8 Å². The Morgan fingerprint density at radius 3 is 2.75 bits per heavy atom. The first-order chi connectivity index (χ1) is 11.5. The molecule has 24 heavy (non-hydrogen) atoms. The second-order valence-electron chi connectivity index (χ2n) is 5.34. The maximum absolute atomic E-state index is 13.5. The van der Waals surface area contributed by atoms with E-state index in [0.717, 1.165) is 17.7 Å². The maximum Gasteiger partial charge on any atom is 0.244 e. The van der Waals surface area contributed by atoms with Gasteiger partial charge in [-0.3, -0.25) is 4.79 Å². The van der Waals surface area contributed by atoms with Crippen molar-refractivity contribution in [1.82, 2.24) is 5.32 Å². The second kappa shape index (κ2) is 6.70. The van der Waals surface area contributed by atoms with Crippen molar-refractivity contribution < 1.29 is 23.0 Å². The summed E-state index contributed by atoms with van der Waals surface area (Å²) in [6.45, 7) is 2.01. The van der Waals surface area contributed by atoms with E-state index in [-0.39, 0.29) is 24.3 Å². The van der Waals surface area contributed by atoms with Crippen LogP contribution in [0.25, 0.3) is 6.08 Å². The lowest BCUT2D eigenvalue weighted by molar-refractivity contribution is -0.117. The van der Waals surface area contributed by atoms with E-state index in [0.29, 0.717) is 11.5 Å². The first-order valence-corrected chi connectivity index (χ1v) is 7.36. The normalized spacial score (nSPS) is 14.0. The molecule has 1 amide bonds. The van der Waals surface area contributed by atoms with Gasteiger partial charge in [0, 0.05) is 17.7 Å². The number of hydrogen-bond acceptors (Lipinski definition) is 3. The SMILES string of the molecule is CC(NC(=O)/C=C\c1ccc(F)cc1F)c1ccc2c(c1)OCO2. The fourth-order valence-corrected chi connectivity index (χ4v) is 2.33. The van der Waals surface area contributed by atoms with Crippen molar-refractivity contribution in [3.63, 3.8) is 0 Å². The largest absolute Gasteiger partial charge is 0.454 e. The number of rotatable bonds is 4. The Morgan fingerprint density at radius 1 is 1.17 bits per heavy atom. The number of benzene rings is 2. The zero-order valence-electron chi connectivity index (χ0n) is 12.9. The van der Waals surface area contributed by atoms with Crippen LogP contribution in [0.5, 0.6) is 11.5 Å². The molecule has 1 atom stereocenters. The highest BCUT2D eigenvalue weighted by Gasteiger charge is 2.16. The van der Waals surface area contributed by atoms with Gasteiger partial charge in [0.05, 0.1) is 6.04 Å². The number of nitrogens with one attached hydrogen (secondary N) is 1. The highest BCUT2D eigenvalue weighted by atomic mass is 19.1. The first kappa shape index (κ1) is 16.0. The van der Waals surface area contributed by atoms with E-state index in [2.05, 4.69) is 5.32 Å². The van der Waals surface area contributed by atoms with Crippen molar-refractivity contribution in [3.8, 4) is 11.5 Å². The zero-order chi connectivity index (χ0) is 17.1. The maximum atomic E-state index is 13.5. The Morgan fingerprint density at radius 2 is 1.96 bits per heavy atom. The van der Waals surface area contributed by atoms with E-state index in [1.54, 1.807) is 12.1 Å². The molecule has 0 aromatic heterocycles. The second-order valence-corrected chi connectivity index (χ2v) is 5.34. The number of halogens is 2. The molecule has 0 bridgehead atoms. The summed E-state index contributed by atoms with van der Waals surface area (Å²) >= 11 is 0. The summed E-state index contributed by atoms with van der Waals surface area (Å²) in [5.74, 6) is -0.459. The molecule has 0 spiro atoms. The van der Waals surface area contributed by atoms with Crippen LogP contribution in [0.15, 0.2) is 42.5 Å². The van der Waals surface area contributed by atoms with E-state index in [1.807, 2.05) is 13.0 Å². The minimum Gasteiger partial charge on any atom is -0.454 e. The van der Waals surface area contributed by atoms with E-state index in [9.17, 15) is 13.6 Å². The number of amides is 1. The van der Waals surface area contributed by atoms with Gasteiger partial charge in [-0.25, -0.2) is 8.78 Å². The van der Waals surface area contributed by atoms with Crippen molar-refractivity contribution in [2.75, 3.05) is 6.79 Å². The molecule has 1 heterocycles. The number of hydrogen-bond donors (Lipinski definition) is 1. The molecule has 0 aliphatic carbocycles. The Balaban J connectivity index is 1.64. The molecule has 1 unspecified atom stereocenters. The minimum atomic E-state index is -0.720. The standard InChI is InChI=1S/C18H15F2NO3/c1-11(13-3-6-16-17(8-13)24-10-23-16)21-18(22)7-4-12-2-5-14(19)9-15(12)20/h2-9,11H,10H2,1H3,(H,21,22)/b7-4-. The molecular formula is C18H15F2NO3. The van der Waals surface area contributed by atoms with E-state index < -0.39 is 11.6 Å². The molecule has 1 aliphatic heterocycles. The molecule has 3 rings (SSSR count). The van der Waals surface area contributed by atoms with Gasteiger partial charge in [-0.2, -0.15) is 0 Å². The monoisotopic (exact) mass is 331 g/mol. The quantitative estimate of drug-likeness (QED) is 0.871. The third kappa shape index (κ3) is 3.53. The van der Waals surface area contributed by atoms with Crippen LogP contribution in [0, 0.1) is 11.6 Å². The first-order valence-electron chi connectivity index (χ1n) is 7.36. The molecule has 0 saturated heterocycles. The van der Waals surface area contributed by atoms with Crippen LogP contribution < -0.4 is 14.8 Å². The summed E-state index contributed by atoms with van der Waals surface area (Å²) in [6, 6.07) is 8.33. The fourth-order valence-electron chi connectivity index (χ4n) is 2.33. The molecule has 6 heteroatoms. The lowest BCUT2D eigenvalue weighted by Gasteiger charge is -2.13. The minimum absolute atomic E-state index is 0.141. The summed E-state index contributed by atoms with van der Waals surface area (Å²) in [5, 5.41) is 2.77. The summed E-state index contributed by atoms with van der Waals surface area (Å²) in [5.41, 5.74) is 0.997. The van der Waals surface area contributed by atoms with Gasteiger partial charge >= 0.3 is 0 Å². The lowest BCUT2D eigenvalue weighted by Crippen LogP contribution is -2.24. The van der Waals surface area contributed by atoms with Crippen molar-refractivity contribution in [1.29, 1.82) is 0 Å². The van der Waals surface area contributed by atoms with Gasteiger partial charge in [-0.15, -0.1) is 0 Å². The lowest BCUT2D eigenvalue weighted by atomic mass is 10.1. The smallest absolute Gasteiger partial charge is 0.244 e. The molecule has 0 saturated carbocycles. The van der Waals surface area contributed by atoms with E-state index >= 15 is 0 Å². The third-order valence-electron chi connectivity index (χ3n) is 3.63. The summed E-state index contributed by atoms with van der Waals surface area (Å²) < 4.78 is 36.9. The van der Waals surface area contributed by atoms with Crippen molar-refractivity contribution >= 4 is 12.0 Å². The molecule has 4 nitrogen and oxygen atoms in total. The molecule has 2 aromatic rings. The molecule has 1 aliphatic rings. The van der Waals surface area contributed by atoms with Crippen molar-refractivity contribution in [2.24, 2.45) is 0 Å². The van der Waals surface area contributed by atoms with Crippen LogP contribution in [-0.4, -0.2) is 12.7 Å². The van der Waals surface area contributed by atoms with Gasteiger partial charge in [-0.05, 0) is 42.8 Å². The summed E-state index contributed by atoms with van der Waals surface area (Å²) in [6.07, 6.45) is 2.51. The summed E-state index contributed by atoms with van der Waals surface area (Å²) in [7, 11) is 0. The average Bonchev–Trinajstić information content (AvgIpc) is 3.01. The molecule has 124 valence electrons. The Bertz CT molecular complexity index is 805. The molecule has 0 radical (unpaired) electrons. The van der Waals surface area contributed by atoms with Crippen LogP contribution in [0.4, 0.5) is 8.78 Å². The molecular weight excluding hydrogens is 316 g/mol. The van der Waals surface area contributed by atoms with Crippen LogP contribution >= 0.6 is 0 Å². The fraction of sp³-hybridized carbons (Fsp3) is 0.167. The predicted octanol–water partition coefficient (Wildman–Crippen LogP) is 3.58. The number of fused-ring (bicyclic) bond motifs is 1.